The molecule has 2 aromatic carbocycles. The summed E-state index contributed by atoms with van der Waals surface area (Å²) >= 11 is 0. The van der Waals surface area contributed by atoms with Crippen molar-refractivity contribution in [1.29, 1.82) is 0 Å². The number of amides is 2. The molecule has 0 radical (unpaired) electrons. The second-order valence-corrected chi connectivity index (χ2v) is 6.61. The van der Waals surface area contributed by atoms with Gasteiger partial charge in [0, 0.05) is 17.7 Å². The Morgan fingerprint density at radius 1 is 1.12 bits per heavy atom. The Labute approximate surface area is 182 Å². The van der Waals surface area contributed by atoms with E-state index in [-0.39, 0.29) is 25.1 Å². The summed E-state index contributed by atoms with van der Waals surface area (Å²) < 4.78 is 10.8. The van der Waals surface area contributed by atoms with Gasteiger partial charge in [0.2, 0.25) is 5.91 Å². The molecule has 1 aliphatic heterocycles. The Balaban J connectivity index is 1.65. The van der Waals surface area contributed by atoms with E-state index in [0.717, 1.165) is 0 Å². The maximum absolute atomic E-state index is 12.4. The van der Waals surface area contributed by atoms with E-state index in [1.165, 1.54) is 18.9 Å². The van der Waals surface area contributed by atoms with Crippen molar-refractivity contribution in [2.75, 3.05) is 17.2 Å². The van der Waals surface area contributed by atoms with E-state index < -0.39 is 17.8 Å². The Morgan fingerprint density at radius 2 is 1.94 bits per heavy atom. The van der Waals surface area contributed by atoms with Gasteiger partial charge < -0.3 is 36.4 Å². The number of hydrogen-bond donors (Lipinski definition) is 5. The van der Waals surface area contributed by atoms with Crippen LogP contribution in [0.3, 0.4) is 0 Å². The van der Waals surface area contributed by atoms with E-state index in [4.69, 9.17) is 20.4 Å². The summed E-state index contributed by atoms with van der Waals surface area (Å²) in [6, 6.07) is 9.82. The van der Waals surface area contributed by atoms with Gasteiger partial charge >= 0.3 is 5.97 Å². The van der Waals surface area contributed by atoms with Crippen LogP contribution in [0.5, 0.6) is 11.5 Å². The molecule has 11 heteroatoms. The summed E-state index contributed by atoms with van der Waals surface area (Å²) in [7, 11) is 0. The van der Waals surface area contributed by atoms with Gasteiger partial charge in [0.25, 0.3) is 5.91 Å². The molecule has 11 nitrogen and oxygen atoms in total. The Hall–Kier alpha value is -4.54. The third kappa shape index (κ3) is 5.98. The van der Waals surface area contributed by atoms with E-state index >= 15 is 0 Å². The highest BCUT2D eigenvalue weighted by Crippen LogP contribution is 2.39. The van der Waals surface area contributed by atoms with Gasteiger partial charge in [-0.3, -0.25) is 14.4 Å². The molecule has 0 bridgehead atoms. The molecule has 0 aromatic heterocycles. The van der Waals surface area contributed by atoms with Crippen LogP contribution < -0.4 is 31.3 Å². The lowest BCUT2D eigenvalue weighted by atomic mass is 10.1. The number of anilines is 2. The van der Waals surface area contributed by atoms with Gasteiger partial charge in [-0.1, -0.05) is 6.07 Å². The third-order valence-corrected chi connectivity index (χ3v) is 4.29. The number of hydrazone groups is 1. The van der Waals surface area contributed by atoms with Crippen LogP contribution >= 0.6 is 0 Å². The minimum absolute atomic E-state index is 0.0794. The minimum Gasteiger partial charge on any atom is -0.481 e. The maximum atomic E-state index is 12.4. The molecule has 2 aromatic rings. The molecule has 0 saturated carbocycles. The number of aryl methyl sites for hydroxylation is 1. The van der Waals surface area contributed by atoms with Crippen LogP contribution in [0.4, 0.5) is 11.4 Å². The zero-order valence-electron chi connectivity index (χ0n) is 16.8. The Bertz CT molecular complexity index is 1080. The molecular formula is C21H21N5O6. The number of carboxylic acids is 1. The van der Waals surface area contributed by atoms with E-state index in [0.29, 0.717) is 28.3 Å². The first-order chi connectivity index (χ1) is 15.5. The highest BCUT2D eigenvalue weighted by molar-refractivity contribution is 6.00. The first-order valence-electron chi connectivity index (χ1n) is 9.49. The summed E-state index contributed by atoms with van der Waals surface area (Å²) in [4.78, 5) is 35.7. The molecule has 1 heterocycles. The average Bonchev–Trinajstić information content (AvgIpc) is 2.80. The van der Waals surface area contributed by atoms with Crippen molar-refractivity contribution in [2.24, 2.45) is 10.9 Å². The summed E-state index contributed by atoms with van der Waals surface area (Å²) in [5.41, 5.74) is 1.89. The van der Waals surface area contributed by atoms with Gasteiger partial charge in [0.1, 0.15) is 18.9 Å². The maximum Gasteiger partial charge on any atom is 0.303 e. The number of carbonyl (C=O) groups is 3. The Morgan fingerprint density at radius 3 is 2.72 bits per heavy atom. The molecule has 32 heavy (non-hydrogen) atoms. The lowest BCUT2D eigenvalue weighted by Crippen LogP contribution is -2.33. The number of rotatable bonds is 9. The van der Waals surface area contributed by atoms with Crippen LogP contribution in [0.25, 0.3) is 0 Å². The van der Waals surface area contributed by atoms with Crippen molar-refractivity contribution >= 4 is 35.5 Å². The molecule has 0 aliphatic carbocycles. The fourth-order valence-corrected chi connectivity index (χ4v) is 2.87. The summed E-state index contributed by atoms with van der Waals surface area (Å²) in [6.45, 7) is -0.300. The highest BCUT2D eigenvalue weighted by Gasteiger charge is 2.18. The quantitative estimate of drug-likeness (QED) is 0.170. The van der Waals surface area contributed by atoms with Gasteiger partial charge in [-0.05, 0) is 42.3 Å². The van der Waals surface area contributed by atoms with E-state index in [1.54, 1.807) is 36.4 Å². The Kier molecular flexibility index (Phi) is 7.25. The molecule has 0 spiro atoms. The highest BCUT2D eigenvalue weighted by atomic mass is 16.5. The van der Waals surface area contributed by atoms with Crippen LogP contribution in [0.15, 0.2) is 54.0 Å². The molecule has 2 amide bonds. The van der Waals surface area contributed by atoms with Crippen molar-refractivity contribution in [3.05, 3.63) is 60.0 Å². The normalized spacial score (nSPS) is 11.8. The number of ether oxygens (including phenoxy) is 2. The van der Waals surface area contributed by atoms with Crippen molar-refractivity contribution < 1.29 is 29.0 Å². The predicted octanol–water partition coefficient (Wildman–Crippen LogP) is 1.63. The zero-order chi connectivity index (χ0) is 22.9. The zero-order valence-corrected chi connectivity index (χ0v) is 16.8. The lowest BCUT2D eigenvalue weighted by Gasteiger charge is -2.18. The fraction of sp³-hybridized carbons (Fsp3) is 0.143. The topological polar surface area (TPSA) is 164 Å². The van der Waals surface area contributed by atoms with Crippen molar-refractivity contribution in [3.63, 3.8) is 0 Å². The number of hydrogen-bond acceptors (Lipinski definition) is 7. The van der Waals surface area contributed by atoms with E-state index in [9.17, 15) is 14.4 Å². The summed E-state index contributed by atoms with van der Waals surface area (Å²) in [5.74, 6) is 3.77. The number of aliphatic carboxylic acids is 1. The molecule has 1 aliphatic rings. The van der Waals surface area contributed by atoms with Gasteiger partial charge in [-0.15, -0.1) is 0 Å². The third-order valence-electron chi connectivity index (χ3n) is 4.29. The number of nitrogens with one attached hydrogen (secondary N) is 3. The van der Waals surface area contributed by atoms with E-state index in [2.05, 4.69) is 21.1 Å². The van der Waals surface area contributed by atoms with Gasteiger partial charge in [-0.25, -0.2) is 0 Å². The monoisotopic (exact) mass is 439 g/mol. The van der Waals surface area contributed by atoms with Crippen molar-refractivity contribution in [2.45, 2.75) is 12.8 Å². The van der Waals surface area contributed by atoms with Crippen LogP contribution in [0.1, 0.15) is 22.3 Å². The second kappa shape index (κ2) is 10.5. The molecule has 0 saturated heterocycles. The average molecular weight is 439 g/mol. The van der Waals surface area contributed by atoms with Gasteiger partial charge in [-0.2, -0.15) is 5.10 Å². The van der Waals surface area contributed by atoms with Gasteiger partial charge in [0.15, 0.2) is 11.5 Å². The van der Waals surface area contributed by atoms with Crippen LogP contribution in [-0.2, 0) is 16.0 Å². The molecule has 0 unspecified atom stereocenters. The molecule has 3 rings (SSSR count). The predicted molar refractivity (Wildman–Crippen MR) is 117 cm³/mol. The van der Waals surface area contributed by atoms with Gasteiger partial charge in [0.05, 0.1) is 12.2 Å². The molecule has 0 fully saturated rings. The molecule has 6 N–H and O–H groups in total. The van der Waals surface area contributed by atoms with Crippen LogP contribution in [0.2, 0.25) is 0 Å². The molecule has 0 atom stereocenters. The molecular weight excluding hydrogens is 418 g/mol. The number of benzene rings is 2. The largest absolute Gasteiger partial charge is 0.481 e. The number of nitrogens with two attached hydrogens (primary N) is 1. The van der Waals surface area contributed by atoms with Crippen LogP contribution in [-0.4, -0.2) is 35.8 Å². The van der Waals surface area contributed by atoms with Crippen molar-refractivity contribution in [1.82, 2.24) is 5.32 Å². The second-order valence-electron chi connectivity index (χ2n) is 6.61. The first-order valence-corrected chi connectivity index (χ1v) is 9.49. The van der Waals surface area contributed by atoms with E-state index in [1.807, 2.05) is 0 Å². The number of fused-ring (bicyclic) bond motifs is 1. The van der Waals surface area contributed by atoms with Crippen molar-refractivity contribution in [3.8, 4) is 11.5 Å². The minimum atomic E-state index is -0.942. The standard InChI is InChI=1S/C21H21N5O6/c22-25-12-24-15-3-1-2-14(10-15)21(30)23-11-18(27)26-16-8-13(4-5-19(28)29)9-17-20(16)32-7-6-31-17/h1-3,6-10,12H,4-5,11,22H2,(H,23,30)(H,24,25)(H,26,27)(H,28,29). The number of carbonyl (C=O) groups excluding carboxylic acids is 2. The number of carboxylic acid groups (broad SMARTS) is 1. The van der Waals surface area contributed by atoms with Crippen LogP contribution in [0, 0.1) is 0 Å². The lowest BCUT2D eigenvalue weighted by molar-refractivity contribution is -0.137. The summed E-state index contributed by atoms with van der Waals surface area (Å²) in [6.07, 6.45) is 4.08. The summed E-state index contributed by atoms with van der Waals surface area (Å²) in [5, 5.41) is 20.2. The molecule has 166 valence electrons. The number of nitrogens with zero attached hydrogens (tertiary/aromatic N) is 1. The first kappa shape index (κ1) is 22.2. The fourth-order valence-electron chi connectivity index (χ4n) is 2.87. The SMILES string of the molecule is NN=CNc1cccc(C(=O)NCC(=O)Nc2cc(CCC(=O)O)cc3c2OC=CO3)c1. The smallest absolute Gasteiger partial charge is 0.303 e.